The number of amides is 1. The Morgan fingerprint density at radius 1 is 1.44 bits per heavy atom. The van der Waals surface area contributed by atoms with Crippen molar-refractivity contribution in [3.05, 3.63) is 22.7 Å². The Balaban J connectivity index is 2.71. The fourth-order valence-electron chi connectivity index (χ4n) is 1.43. The summed E-state index contributed by atoms with van der Waals surface area (Å²) in [5.41, 5.74) is 1.48. The minimum absolute atomic E-state index is 0.0403. The van der Waals surface area contributed by atoms with E-state index < -0.39 is 0 Å². The number of methoxy groups -OCH3 is 1. The van der Waals surface area contributed by atoms with Gasteiger partial charge in [0.05, 0.1) is 12.8 Å². The third-order valence-electron chi connectivity index (χ3n) is 2.34. The molecular formula is C13H18ClNO3. The minimum atomic E-state index is -0.205. The Kier molecular flexibility index (Phi) is 5.95. The molecule has 0 aliphatic rings. The van der Waals surface area contributed by atoms with E-state index in [0.29, 0.717) is 23.1 Å². The van der Waals surface area contributed by atoms with E-state index >= 15 is 0 Å². The highest BCUT2D eigenvalue weighted by Gasteiger charge is 2.10. The first-order valence-electron chi connectivity index (χ1n) is 5.80. The van der Waals surface area contributed by atoms with E-state index in [1.54, 1.807) is 12.1 Å². The summed E-state index contributed by atoms with van der Waals surface area (Å²) < 4.78 is 10.3. The van der Waals surface area contributed by atoms with Gasteiger partial charge in [-0.05, 0) is 25.0 Å². The van der Waals surface area contributed by atoms with Crippen LogP contribution in [-0.2, 0) is 9.53 Å². The molecule has 0 spiro atoms. The first-order chi connectivity index (χ1) is 8.58. The normalized spacial score (nSPS) is 10.2. The van der Waals surface area contributed by atoms with E-state index in [9.17, 15) is 4.79 Å². The number of rotatable bonds is 6. The van der Waals surface area contributed by atoms with Crippen molar-refractivity contribution in [2.75, 3.05) is 25.6 Å². The maximum atomic E-state index is 11.6. The fraction of sp³-hybridized carbons (Fsp3) is 0.462. The van der Waals surface area contributed by atoms with Gasteiger partial charge in [0.2, 0.25) is 5.91 Å². The molecule has 1 amide bonds. The van der Waals surface area contributed by atoms with Gasteiger partial charge in [-0.25, -0.2) is 0 Å². The van der Waals surface area contributed by atoms with Crippen molar-refractivity contribution in [3.63, 3.8) is 0 Å². The molecule has 1 aromatic carbocycles. The van der Waals surface area contributed by atoms with Crippen molar-refractivity contribution in [2.45, 2.75) is 20.3 Å². The van der Waals surface area contributed by atoms with Gasteiger partial charge >= 0.3 is 0 Å². The second-order valence-corrected chi connectivity index (χ2v) is 4.31. The summed E-state index contributed by atoms with van der Waals surface area (Å²) in [6, 6.07) is 3.46. The van der Waals surface area contributed by atoms with Gasteiger partial charge in [0.1, 0.15) is 12.4 Å². The van der Waals surface area contributed by atoms with Crippen molar-refractivity contribution >= 4 is 23.2 Å². The van der Waals surface area contributed by atoms with E-state index in [1.165, 1.54) is 7.11 Å². The Bertz CT molecular complexity index is 421. The standard InChI is InChI=1S/C13H18ClNO3/c1-4-5-18-8-13(16)15-11-6-9(2)10(14)7-12(11)17-3/h6-7H,4-5,8H2,1-3H3,(H,15,16). The highest BCUT2D eigenvalue weighted by molar-refractivity contribution is 6.31. The number of nitrogens with one attached hydrogen (secondary N) is 1. The zero-order valence-electron chi connectivity index (χ0n) is 10.9. The summed E-state index contributed by atoms with van der Waals surface area (Å²) in [6.07, 6.45) is 0.886. The van der Waals surface area contributed by atoms with Gasteiger partial charge in [0, 0.05) is 17.7 Å². The van der Waals surface area contributed by atoms with Crippen LogP contribution in [0.15, 0.2) is 12.1 Å². The van der Waals surface area contributed by atoms with Crippen LogP contribution in [0.5, 0.6) is 5.75 Å². The Hall–Kier alpha value is -1.26. The van der Waals surface area contributed by atoms with Crippen molar-refractivity contribution in [1.82, 2.24) is 0 Å². The van der Waals surface area contributed by atoms with E-state index in [2.05, 4.69) is 5.32 Å². The monoisotopic (exact) mass is 271 g/mol. The van der Waals surface area contributed by atoms with Crippen LogP contribution in [0.2, 0.25) is 5.02 Å². The highest BCUT2D eigenvalue weighted by Crippen LogP contribution is 2.30. The molecule has 0 aliphatic heterocycles. The van der Waals surface area contributed by atoms with Crippen LogP contribution >= 0.6 is 11.6 Å². The van der Waals surface area contributed by atoms with Crippen LogP contribution in [-0.4, -0.2) is 26.2 Å². The molecule has 0 saturated heterocycles. The molecular weight excluding hydrogens is 254 g/mol. The molecule has 0 aliphatic carbocycles. The topological polar surface area (TPSA) is 47.6 Å². The quantitative estimate of drug-likeness (QED) is 0.809. The van der Waals surface area contributed by atoms with Crippen molar-refractivity contribution in [2.24, 2.45) is 0 Å². The van der Waals surface area contributed by atoms with Crippen LogP contribution in [0.4, 0.5) is 5.69 Å². The van der Waals surface area contributed by atoms with Crippen LogP contribution in [0.3, 0.4) is 0 Å². The number of aryl methyl sites for hydroxylation is 1. The van der Waals surface area contributed by atoms with Gasteiger partial charge in [0.25, 0.3) is 0 Å². The number of hydrogen-bond acceptors (Lipinski definition) is 3. The average Bonchev–Trinajstić information content (AvgIpc) is 2.34. The molecule has 4 nitrogen and oxygen atoms in total. The van der Waals surface area contributed by atoms with Crippen LogP contribution in [0.1, 0.15) is 18.9 Å². The molecule has 1 N–H and O–H groups in total. The van der Waals surface area contributed by atoms with Gasteiger partial charge in [-0.2, -0.15) is 0 Å². The predicted molar refractivity (Wildman–Crippen MR) is 72.5 cm³/mol. The van der Waals surface area contributed by atoms with Crippen molar-refractivity contribution in [1.29, 1.82) is 0 Å². The number of carbonyl (C=O) groups is 1. The lowest BCUT2D eigenvalue weighted by atomic mass is 10.2. The zero-order chi connectivity index (χ0) is 13.5. The third kappa shape index (κ3) is 4.20. The van der Waals surface area contributed by atoms with Crippen LogP contribution in [0, 0.1) is 6.92 Å². The lowest BCUT2D eigenvalue weighted by Gasteiger charge is -2.12. The summed E-state index contributed by atoms with van der Waals surface area (Å²) in [5, 5.41) is 3.34. The molecule has 0 heterocycles. The number of halogens is 1. The third-order valence-corrected chi connectivity index (χ3v) is 2.74. The van der Waals surface area contributed by atoms with Crippen LogP contribution in [0.25, 0.3) is 0 Å². The van der Waals surface area contributed by atoms with Gasteiger partial charge in [-0.15, -0.1) is 0 Å². The van der Waals surface area contributed by atoms with Crippen molar-refractivity contribution < 1.29 is 14.3 Å². The van der Waals surface area contributed by atoms with E-state index in [1.807, 2.05) is 13.8 Å². The van der Waals surface area contributed by atoms with E-state index in [-0.39, 0.29) is 12.5 Å². The Labute approximate surface area is 112 Å². The molecule has 1 rings (SSSR count). The second-order valence-electron chi connectivity index (χ2n) is 3.90. The molecule has 0 saturated carbocycles. The largest absolute Gasteiger partial charge is 0.495 e. The Morgan fingerprint density at radius 3 is 2.78 bits per heavy atom. The minimum Gasteiger partial charge on any atom is -0.495 e. The maximum Gasteiger partial charge on any atom is 0.250 e. The summed E-state index contributed by atoms with van der Waals surface area (Å²) in [7, 11) is 1.53. The zero-order valence-corrected chi connectivity index (χ0v) is 11.6. The first kappa shape index (κ1) is 14.8. The summed E-state index contributed by atoms with van der Waals surface area (Å²) in [6.45, 7) is 4.47. The fourth-order valence-corrected chi connectivity index (χ4v) is 1.58. The van der Waals surface area contributed by atoms with Gasteiger partial charge < -0.3 is 14.8 Å². The molecule has 0 bridgehead atoms. The van der Waals surface area contributed by atoms with Crippen LogP contribution < -0.4 is 10.1 Å². The maximum absolute atomic E-state index is 11.6. The molecule has 0 unspecified atom stereocenters. The average molecular weight is 272 g/mol. The van der Waals surface area contributed by atoms with Gasteiger partial charge in [-0.1, -0.05) is 18.5 Å². The predicted octanol–water partition coefficient (Wildman–Crippen LogP) is 3.02. The number of anilines is 1. The highest BCUT2D eigenvalue weighted by atomic mass is 35.5. The number of benzene rings is 1. The van der Waals surface area contributed by atoms with Gasteiger partial charge in [-0.3, -0.25) is 4.79 Å². The Morgan fingerprint density at radius 2 is 2.17 bits per heavy atom. The summed E-state index contributed by atoms with van der Waals surface area (Å²) in [4.78, 5) is 11.6. The lowest BCUT2D eigenvalue weighted by Crippen LogP contribution is -2.19. The summed E-state index contributed by atoms with van der Waals surface area (Å²) in [5.74, 6) is 0.331. The molecule has 0 atom stereocenters. The number of carbonyl (C=O) groups excluding carboxylic acids is 1. The molecule has 1 aromatic rings. The molecule has 0 aromatic heterocycles. The van der Waals surface area contributed by atoms with E-state index in [0.717, 1.165) is 12.0 Å². The van der Waals surface area contributed by atoms with Crippen molar-refractivity contribution in [3.8, 4) is 5.75 Å². The molecule has 18 heavy (non-hydrogen) atoms. The smallest absolute Gasteiger partial charge is 0.250 e. The van der Waals surface area contributed by atoms with Gasteiger partial charge in [0.15, 0.2) is 0 Å². The summed E-state index contributed by atoms with van der Waals surface area (Å²) >= 11 is 5.99. The lowest BCUT2D eigenvalue weighted by molar-refractivity contribution is -0.120. The molecule has 100 valence electrons. The molecule has 5 heteroatoms. The van der Waals surface area contributed by atoms with E-state index in [4.69, 9.17) is 21.1 Å². The SMILES string of the molecule is CCCOCC(=O)Nc1cc(C)c(Cl)cc1OC. The second kappa shape index (κ2) is 7.24. The molecule has 0 radical (unpaired) electrons. The number of hydrogen-bond donors (Lipinski definition) is 1. The number of ether oxygens (including phenoxy) is 2. The molecule has 0 fully saturated rings. The first-order valence-corrected chi connectivity index (χ1v) is 6.18.